The summed E-state index contributed by atoms with van der Waals surface area (Å²) in [7, 11) is 0. The van der Waals surface area contributed by atoms with Crippen molar-refractivity contribution in [2.24, 2.45) is 5.73 Å². The van der Waals surface area contributed by atoms with Crippen LogP contribution in [-0.2, 0) is 12.8 Å². The van der Waals surface area contributed by atoms with E-state index in [0.717, 1.165) is 25.8 Å². The van der Waals surface area contributed by atoms with Crippen LogP contribution in [0.25, 0.3) is 0 Å². The molecule has 0 saturated heterocycles. The van der Waals surface area contributed by atoms with E-state index in [1.807, 2.05) is 12.2 Å². The summed E-state index contributed by atoms with van der Waals surface area (Å²) in [6.45, 7) is 6.58. The molecule has 0 radical (unpaired) electrons. The Balaban J connectivity index is 2.29. The summed E-state index contributed by atoms with van der Waals surface area (Å²) in [6.07, 6.45) is 15.1. The zero-order chi connectivity index (χ0) is 15.3. The summed E-state index contributed by atoms with van der Waals surface area (Å²) in [4.78, 5) is 0. The van der Waals surface area contributed by atoms with Crippen LogP contribution < -0.4 is 5.73 Å². The van der Waals surface area contributed by atoms with Crippen molar-refractivity contribution in [1.29, 1.82) is 0 Å². The Bertz CT molecular complexity index is 451. The molecule has 0 bridgehead atoms. The second-order valence-corrected chi connectivity index (χ2v) is 5.37. The summed E-state index contributed by atoms with van der Waals surface area (Å²) in [5.74, 6) is 0. The Labute approximate surface area is 130 Å². The maximum atomic E-state index is 5.54. The lowest BCUT2D eigenvalue weighted by molar-refractivity contribution is 0.735. The molecule has 1 aromatic carbocycles. The Hall–Kier alpha value is -1.60. The number of rotatable bonds is 10. The first-order valence-electron chi connectivity index (χ1n) is 8.02. The first kappa shape index (κ1) is 17.5. The normalized spacial score (nSPS) is 12.0. The molecule has 0 aliphatic rings. The molecular weight excluding hydrogens is 254 g/mol. The van der Waals surface area contributed by atoms with Gasteiger partial charge in [0.05, 0.1) is 0 Å². The van der Waals surface area contributed by atoms with E-state index in [2.05, 4.69) is 49.9 Å². The Kier molecular flexibility index (Phi) is 9.23. The van der Waals surface area contributed by atoms with Crippen molar-refractivity contribution in [3.8, 4) is 0 Å². The smallest absolute Gasteiger partial charge is 0.00741 e. The van der Waals surface area contributed by atoms with Crippen molar-refractivity contribution < 1.29 is 0 Å². The van der Waals surface area contributed by atoms with Gasteiger partial charge in [-0.25, -0.2) is 0 Å². The lowest BCUT2D eigenvalue weighted by atomic mass is 10.0. The minimum absolute atomic E-state index is 0.773. The Morgan fingerprint density at radius 1 is 1.05 bits per heavy atom. The minimum Gasteiger partial charge on any atom is -0.330 e. The molecule has 0 aromatic heterocycles. The molecule has 114 valence electrons. The molecule has 0 aliphatic carbocycles. The largest absolute Gasteiger partial charge is 0.330 e. The second-order valence-electron chi connectivity index (χ2n) is 5.37. The van der Waals surface area contributed by atoms with Gasteiger partial charge in [-0.3, -0.25) is 0 Å². The maximum Gasteiger partial charge on any atom is -0.00741 e. The molecule has 1 heteroatoms. The van der Waals surface area contributed by atoms with E-state index >= 15 is 0 Å². The average Bonchev–Trinajstić information content (AvgIpc) is 2.53. The average molecular weight is 283 g/mol. The lowest BCUT2D eigenvalue weighted by Gasteiger charge is -2.05. The monoisotopic (exact) mass is 283 g/mol. The van der Waals surface area contributed by atoms with E-state index in [1.165, 1.54) is 36.0 Å². The van der Waals surface area contributed by atoms with Crippen LogP contribution >= 0.6 is 0 Å². The van der Waals surface area contributed by atoms with Gasteiger partial charge in [-0.05, 0) is 63.1 Å². The van der Waals surface area contributed by atoms with E-state index in [1.54, 1.807) is 0 Å². The van der Waals surface area contributed by atoms with E-state index in [9.17, 15) is 0 Å². The van der Waals surface area contributed by atoms with Crippen LogP contribution in [-0.4, -0.2) is 6.54 Å². The van der Waals surface area contributed by atoms with Gasteiger partial charge in [0.25, 0.3) is 0 Å². The second kappa shape index (κ2) is 11.1. The lowest BCUT2D eigenvalue weighted by Crippen LogP contribution is -2.00. The highest BCUT2D eigenvalue weighted by Crippen LogP contribution is 2.13. The van der Waals surface area contributed by atoms with Crippen LogP contribution in [0.4, 0.5) is 0 Å². The molecular formula is C20H29N. The number of unbranched alkanes of at least 4 members (excludes halogenated alkanes) is 1. The Morgan fingerprint density at radius 3 is 2.19 bits per heavy atom. The van der Waals surface area contributed by atoms with Crippen molar-refractivity contribution in [2.75, 3.05) is 6.54 Å². The highest BCUT2D eigenvalue weighted by Gasteiger charge is 1.97. The maximum absolute atomic E-state index is 5.54. The van der Waals surface area contributed by atoms with E-state index in [0.29, 0.717) is 0 Å². The third kappa shape index (κ3) is 7.67. The molecule has 0 saturated carbocycles. The van der Waals surface area contributed by atoms with Crippen LogP contribution in [0.1, 0.15) is 43.7 Å². The molecule has 0 aliphatic heterocycles. The SMILES string of the molecule is C=C/C=C\C(=C/C)CCCCc1ccc(CCCN)cc1. The fraction of sp³-hybridized carbons (Fsp3) is 0.400. The molecule has 0 unspecified atom stereocenters. The van der Waals surface area contributed by atoms with Gasteiger partial charge in [0.2, 0.25) is 0 Å². The van der Waals surface area contributed by atoms with E-state index in [-0.39, 0.29) is 0 Å². The van der Waals surface area contributed by atoms with Crippen molar-refractivity contribution >= 4 is 0 Å². The summed E-state index contributed by atoms with van der Waals surface area (Å²) in [5, 5.41) is 0. The number of hydrogen-bond donors (Lipinski definition) is 1. The van der Waals surface area contributed by atoms with Crippen molar-refractivity contribution in [2.45, 2.75) is 45.4 Å². The first-order valence-corrected chi connectivity index (χ1v) is 8.02. The fourth-order valence-electron chi connectivity index (χ4n) is 2.35. The molecule has 0 heterocycles. The van der Waals surface area contributed by atoms with Gasteiger partial charge in [0.1, 0.15) is 0 Å². The summed E-state index contributed by atoms with van der Waals surface area (Å²) in [5.41, 5.74) is 9.77. The summed E-state index contributed by atoms with van der Waals surface area (Å²) < 4.78 is 0. The van der Waals surface area contributed by atoms with Crippen molar-refractivity contribution in [1.82, 2.24) is 0 Å². The van der Waals surface area contributed by atoms with E-state index in [4.69, 9.17) is 5.73 Å². The van der Waals surface area contributed by atoms with E-state index < -0.39 is 0 Å². The van der Waals surface area contributed by atoms with Gasteiger partial charge in [0.15, 0.2) is 0 Å². The molecule has 0 fully saturated rings. The first-order chi connectivity index (χ1) is 10.3. The molecule has 1 aromatic rings. The molecule has 1 rings (SSSR count). The van der Waals surface area contributed by atoms with Gasteiger partial charge in [-0.2, -0.15) is 0 Å². The van der Waals surface area contributed by atoms with Crippen LogP contribution in [0, 0.1) is 0 Å². The molecule has 1 nitrogen and oxygen atoms in total. The fourth-order valence-corrected chi connectivity index (χ4v) is 2.35. The standard InChI is InChI=1S/C20H29N/c1-3-5-9-18(4-2)10-6-7-11-19-13-15-20(16-14-19)12-8-17-21/h3-5,9,13-16H,1,6-8,10-12,17,21H2,2H3/b9-5-,18-4+. The van der Waals surface area contributed by atoms with Crippen LogP contribution in [0.15, 0.2) is 60.7 Å². The number of aryl methyl sites for hydroxylation is 2. The zero-order valence-corrected chi connectivity index (χ0v) is 13.4. The highest BCUT2D eigenvalue weighted by atomic mass is 14.5. The minimum atomic E-state index is 0.773. The van der Waals surface area contributed by atoms with Crippen molar-refractivity contribution in [3.63, 3.8) is 0 Å². The molecule has 0 amide bonds. The van der Waals surface area contributed by atoms with Crippen LogP contribution in [0.3, 0.4) is 0 Å². The molecule has 0 spiro atoms. The predicted molar refractivity (Wildman–Crippen MR) is 94.5 cm³/mol. The van der Waals surface area contributed by atoms with Gasteiger partial charge in [-0.1, -0.05) is 60.7 Å². The number of benzene rings is 1. The number of nitrogens with two attached hydrogens (primary N) is 1. The van der Waals surface area contributed by atoms with Crippen LogP contribution in [0.5, 0.6) is 0 Å². The molecule has 2 N–H and O–H groups in total. The number of hydrogen-bond acceptors (Lipinski definition) is 1. The van der Waals surface area contributed by atoms with Gasteiger partial charge in [0, 0.05) is 0 Å². The molecule has 21 heavy (non-hydrogen) atoms. The van der Waals surface area contributed by atoms with Crippen LogP contribution in [0.2, 0.25) is 0 Å². The third-order valence-electron chi connectivity index (χ3n) is 3.69. The highest BCUT2D eigenvalue weighted by molar-refractivity contribution is 5.23. The predicted octanol–water partition coefficient (Wildman–Crippen LogP) is 4.98. The van der Waals surface area contributed by atoms with Gasteiger partial charge >= 0.3 is 0 Å². The topological polar surface area (TPSA) is 26.0 Å². The number of allylic oxidation sites excluding steroid dienone is 5. The van der Waals surface area contributed by atoms with Crippen molar-refractivity contribution in [3.05, 3.63) is 71.8 Å². The summed E-state index contributed by atoms with van der Waals surface area (Å²) in [6, 6.07) is 9.02. The van der Waals surface area contributed by atoms with Gasteiger partial charge in [-0.15, -0.1) is 0 Å². The zero-order valence-electron chi connectivity index (χ0n) is 13.4. The third-order valence-corrected chi connectivity index (χ3v) is 3.69. The quantitative estimate of drug-likeness (QED) is 0.475. The Morgan fingerprint density at radius 2 is 1.67 bits per heavy atom. The van der Waals surface area contributed by atoms with Gasteiger partial charge < -0.3 is 5.73 Å². The molecule has 0 atom stereocenters. The summed E-state index contributed by atoms with van der Waals surface area (Å²) >= 11 is 0.